The number of aryl methyl sites for hydroxylation is 2. The zero-order valence-corrected chi connectivity index (χ0v) is 20.3. The maximum atomic E-state index is 13.4. The molecule has 0 spiro atoms. The first kappa shape index (κ1) is 22.1. The molecule has 0 unspecified atom stereocenters. The number of carbonyl (C=O) groups excluding carboxylic acids is 1. The molecule has 168 valence electrons. The molecule has 0 radical (unpaired) electrons. The normalized spacial score (nSPS) is 18.6. The lowest BCUT2D eigenvalue weighted by Crippen LogP contribution is -2.39. The lowest BCUT2D eigenvalue weighted by molar-refractivity contribution is -0.120. The van der Waals surface area contributed by atoms with E-state index in [0.717, 1.165) is 45.4 Å². The Morgan fingerprint density at radius 1 is 1.15 bits per heavy atom. The fraction of sp³-hybridized carbons (Fsp3) is 0.269. The number of anilines is 1. The molecule has 1 aliphatic rings. The Morgan fingerprint density at radius 3 is 2.88 bits per heavy atom. The number of thiazole rings is 1. The van der Waals surface area contributed by atoms with Crippen molar-refractivity contribution in [3.63, 3.8) is 0 Å². The molecule has 2 aromatic heterocycles. The van der Waals surface area contributed by atoms with E-state index >= 15 is 0 Å². The van der Waals surface area contributed by atoms with E-state index in [2.05, 4.69) is 51.4 Å². The molecule has 33 heavy (non-hydrogen) atoms. The monoisotopic (exact) mass is 474 g/mol. The average Bonchev–Trinajstić information content (AvgIpc) is 3.36. The number of thioether (sulfide) groups is 1. The summed E-state index contributed by atoms with van der Waals surface area (Å²) < 4.78 is 1.14. The van der Waals surface area contributed by atoms with Gasteiger partial charge in [-0.05, 0) is 56.2 Å². The molecule has 5 rings (SSSR count). The van der Waals surface area contributed by atoms with E-state index in [9.17, 15) is 4.79 Å². The van der Waals surface area contributed by atoms with E-state index in [1.54, 1.807) is 23.1 Å². The largest absolute Gasteiger partial charge is 0.325 e. The van der Waals surface area contributed by atoms with E-state index in [4.69, 9.17) is 0 Å². The Morgan fingerprint density at radius 2 is 2.06 bits per heavy atom. The van der Waals surface area contributed by atoms with Gasteiger partial charge in [0.15, 0.2) is 0 Å². The fourth-order valence-electron chi connectivity index (χ4n) is 4.37. The Hall–Kier alpha value is -2.74. The standard InChI is InChI=1S/C26H26N4OS2/c1-17-6-5-7-19(12-17)15-30-16-21(33-25-8-3-4-11-27-25)14-23(30)26(31)29-20-9-10-24-22(13-20)28-18(2)32-24/h3-13,21,23H,14-16H2,1-2H3,(H,29,31)/t21-,23+/m1/s1. The van der Waals surface area contributed by atoms with Crippen LogP contribution in [0.15, 0.2) is 71.9 Å². The van der Waals surface area contributed by atoms with Gasteiger partial charge in [0.25, 0.3) is 0 Å². The number of nitrogens with one attached hydrogen (secondary N) is 1. The maximum Gasteiger partial charge on any atom is 0.241 e. The number of aromatic nitrogens is 2. The minimum Gasteiger partial charge on any atom is -0.325 e. The van der Waals surface area contributed by atoms with Crippen LogP contribution < -0.4 is 5.32 Å². The number of amides is 1. The molecule has 1 aliphatic heterocycles. The van der Waals surface area contributed by atoms with Crippen molar-refractivity contribution in [2.24, 2.45) is 0 Å². The second kappa shape index (κ2) is 9.63. The second-order valence-electron chi connectivity index (χ2n) is 8.48. The highest BCUT2D eigenvalue weighted by Crippen LogP contribution is 2.33. The van der Waals surface area contributed by atoms with Crippen LogP contribution in [0.3, 0.4) is 0 Å². The summed E-state index contributed by atoms with van der Waals surface area (Å²) in [6, 6.07) is 20.3. The van der Waals surface area contributed by atoms with Gasteiger partial charge in [0.2, 0.25) is 5.91 Å². The zero-order chi connectivity index (χ0) is 22.8. The first-order valence-electron chi connectivity index (χ1n) is 11.1. The lowest BCUT2D eigenvalue weighted by Gasteiger charge is -2.23. The van der Waals surface area contributed by atoms with Crippen molar-refractivity contribution in [3.05, 3.63) is 83.0 Å². The Kier molecular flexibility index (Phi) is 6.44. The minimum atomic E-state index is -0.195. The summed E-state index contributed by atoms with van der Waals surface area (Å²) >= 11 is 3.43. The summed E-state index contributed by atoms with van der Waals surface area (Å²) in [7, 11) is 0. The van der Waals surface area contributed by atoms with Crippen LogP contribution in [0.25, 0.3) is 10.2 Å². The number of benzene rings is 2. The molecule has 2 aromatic carbocycles. The molecule has 1 saturated heterocycles. The number of carbonyl (C=O) groups is 1. The molecule has 5 nitrogen and oxygen atoms in total. The number of pyridine rings is 1. The number of rotatable bonds is 6. The van der Waals surface area contributed by atoms with Gasteiger partial charge < -0.3 is 5.32 Å². The van der Waals surface area contributed by atoms with Gasteiger partial charge in [-0.3, -0.25) is 9.69 Å². The molecule has 1 fully saturated rings. The van der Waals surface area contributed by atoms with Crippen LogP contribution in [0.2, 0.25) is 0 Å². The number of hydrogen-bond donors (Lipinski definition) is 1. The predicted molar refractivity (Wildman–Crippen MR) is 137 cm³/mol. The Bertz CT molecular complexity index is 1270. The molecular formula is C26H26N4OS2. The van der Waals surface area contributed by atoms with E-state index in [1.165, 1.54) is 11.1 Å². The van der Waals surface area contributed by atoms with Crippen molar-refractivity contribution < 1.29 is 4.79 Å². The Balaban J connectivity index is 1.35. The third kappa shape index (κ3) is 5.27. The summed E-state index contributed by atoms with van der Waals surface area (Å²) in [4.78, 5) is 24.8. The molecule has 2 atom stereocenters. The lowest BCUT2D eigenvalue weighted by atomic mass is 10.1. The van der Waals surface area contributed by atoms with Crippen molar-refractivity contribution in [3.8, 4) is 0 Å². The third-order valence-corrected chi connectivity index (χ3v) is 7.93. The van der Waals surface area contributed by atoms with Gasteiger partial charge in [0.1, 0.15) is 0 Å². The van der Waals surface area contributed by atoms with Gasteiger partial charge in [-0.1, -0.05) is 35.9 Å². The number of fused-ring (bicyclic) bond motifs is 1. The van der Waals surface area contributed by atoms with Gasteiger partial charge in [0.05, 0.1) is 26.3 Å². The number of likely N-dealkylation sites (tertiary alicyclic amines) is 1. The quantitative estimate of drug-likeness (QED) is 0.389. The van der Waals surface area contributed by atoms with Crippen LogP contribution in [-0.4, -0.2) is 38.6 Å². The van der Waals surface area contributed by atoms with Gasteiger partial charge in [0, 0.05) is 30.2 Å². The van der Waals surface area contributed by atoms with E-state index in [1.807, 2.05) is 49.5 Å². The highest BCUT2D eigenvalue weighted by molar-refractivity contribution is 7.99. The summed E-state index contributed by atoms with van der Waals surface area (Å²) in [6.45, 7) is 5.71. The molecule has 3 heterocycles. The van der Waals surface area contributed by atoms with E-state index in [-0.39, 0.29) is 11.9 Å². The predicted octanol–water partition coefficient (Wildman–Crippen LogP) is 5.68. The van der Waals surface area contributed by atoms with Crippen LogP contribution >= 0.6 is 23.1 Å². The Labute approximate surface area is 202 Å². The van der Waals surface area contributed by atoms with E-state index in [0.29, 0.717) is 5.25 Å². The van der Waals surface area contributed by atoms with Gasteiger partial charge in [-0.25, -0.2) is 9.97 Å². The first-order valence-corrected chi connectivity index (χ1v) is 12.8. The maximum absolute atomic E-state index is 13.4. The van der Waals surface area contributed by atoms with Gasteiger partial charge in [-0.2, -0.15) is 0 Å². The molecule has 0 aliphatic carbocycles. The summed E-state index contributed by atoms with van der Waals surface area (Å²) in [5.74, 6) is 0.0399. The second-order valence-corrected chi connectivity index (χ2v) is 11.0. The van der Waals surface area contributed by atoms with Crippen LogP contribution in [0.4, 0.5) is 5.69 Å². The van der Waals surface area contributed by atoms with Crippen molar-refractivity contribution in [1.82, 2.24) is 14.9 Å². The molecule has 4 aromatic rings. The molecule has 0 bridgehead atoms. The highest BCUT2D eigenvalue weighted by Gasteiger charge is 2.37. The van der Waals surface area contributed by atoms with Gasteiger partial charge in [-0.15, -0.1) is 23.1 Å². The smallest absolute Gasteiger partial charge is 0.241 e. The highest BCUT2D eigenvalue weighted by atomic mass is 32.2. The molecule has 0 saturated carbocycles. The van der Waals surface area contributed by atoms with Crippen LogP contribution in [0.5, 0.6) is 0 Å². The van der Waals surface area contributed by atoms with Crippen LogP contribution in [0.1, 0.15) is 22.6 Å². The van der Waals surface area contributed by atoms with Crippen molar-refractivity contribution >= 4 is 44.9 Å². The SMILES string of the molecule is Cc1cccc(CN2C[C@H](Sc3ccccn3)C[C@H]2C(=O)Nc2ccc3sc(C)nc3c2)c1. The average molecular weight is 475 g/mol. The van der Waals surface area contributed by atoms with E-state index < -0.39 is 0 Å². The summed E-state index contributed by atoms with van der Waals surface area (Å²) in [5, 5.41) is 5.50. The fourth-order valence-corrected chi connectivity index (χ4v) is 6.35. The molecular weight excluding hydrogens is 448 g/mol. The molecule has 1 amide bonds. The van der Waals surface area contributed by atoms with Crippen molar-refractivity contribution in [2.75, 3.05) is 11.9 Å². The topological polar surface area (TPSA) is 58.1 Å². The van der Waals surface area contributed by atoms with Gasteiger partial charge >= 0.3 is 0 Å². The van der Waals surface area contributed by atoms with Crippen LogP contribution in [-0.2, 0) is 11.3 Å². The van der Waals surface area contributed by atoms with Crippen molar-refractivity contribution in [2.45, 2.75) is 43.1 Å². The first-order chi connectivity index (χ1) is 16.0. The number of nitrogens with zero attached hydrogens (tertiary/aromatic N) is 3. The van der Waals surface area contributed by atoms with Crippen molar-refractivity contribution in [1.29, 1.82) is 0 Å². The molecule has 1 N–H and O–H groups in total. The summed E-state index contributed by atoms with van der Waals surface area (Å²) in [6.07, 6.45) is 2.61. The zero-order valence-electron chi connectivity index (χ0n) is 18.7. The third-order valence-electron chi connectivity index (χ3n) is 5.82. The molecule has 7 heteroatoms. The van der Waals surface area contributed by atoms with Crippen LogP contribution in [0, 0.1) is 13.8 Å². The number of hydrogen-bond acceptors (Lipinski definition) is 6. The minimum absolute atomic E-state index is 0.0399. The summed E-state index contributed by atoms with van der Waals surface area (Å²) in [5.41, 5.74) is 4.20.